The van der Waals surface area contributed by atoms with Gasteiger partial charge < -0.3 is 9.47 Å². The number of hydrogen-bond acceptors (Lipinski definition) is 3. The maximum absolute atomic E-state index is 11.0. The first kappa shape index (κ1) is 17.2. The van der Waals surface area contributed by atoms with Crippen molar-refractivity contribution in [1.82, 2.24) is 0 Å². The molecule has 0 bridgehead atoms. The third-order valence-electron chi connectivity index (χ3n) is 3.74. The number of esters is 1. The van der Waals surface area contributed by atoms with Crippen molar-refractivity contribution in [3.8, 4) is 0 Å². The minimum Gasteiger partial charge on any atom is -0.469 e. The zero-order valence-electron chi connectivity index (χ0n) is 17.0. The third-order valence-corrected chi connectivity index (χ3v) is 3.74. The summed E-state index contributed by atoms with van der Waals surface area (Å²) in [6.07, 6.45) is 18.6. The van der Waals surface area contributed by atoms with E-state index in [2.05, 4.69) is 11.7 Å². The Morgan fingerprint density at radius 2 is 2.00 bits per heavy atom. The van der Waals surface area contributed by atoms with E-state index in [1.165, 1.54) is 7.11 Å². The molecule has 134 valence electrons. The summed E-state index contributed by atoms with van der Waals surface area (Å²) in [6.45, 7) is 2.14. The van der Waals surface area contributed by atoms with E-state index in [1.807, 2.05) is 36.5 Å². The smallest absolute Gasteiger partial charge is 0.305 e. The first-order valence-corrected chi connectivity index (χ1v) is 8.96. The van der Waals surface area contributed by atoms with E-state index >= 15 is 0 Å². The Balaban J connectivity index is 2.15. The van der Waals surface area contributed by atoms with Crippen LogP contribution in [0.3, 0.4) is 0 Å². The van der Waals surface area contributed by atoms with Crippen molar-refractivity contribution in [3.05, 3.63) is 48.6 Å². The van der Waals surface area contributed by atoms with Crippen LogP contribution in [0, 0.1) is 0 Å². The summed E-state index contributed by atoms with van der Waals surface area (Å²) in [6, 6.07) is 0.860. The van der Waals surface area contributed by atoms with Crippen LogP contribution in [0.2, 0.25) is 0 Å². The molecular weight excluding hydrogens is 300 g/mol. The van der Waals surface area contributed by atoms with Crippen LogP contribution in [0.1, 0.15) is 61.0 Å². The molecule has 0 aliphatic carbocycles. The Kier molecular flexibility index (Phi) is 9.90. The molecule has 1 heterocycles. The van der Waals surface area contributed by atoms with Gasteiger partial charge in [0.2, 0.25) is 0 Å². The highest BCUT2D eigenvalue weighted by atomic mass is 16.6. The van der Waals surface area contributed by atoms with Crippen LogP contribution in [-0.4, -0.2) is 25.3 Å². The van der Waals surface area contributed by atoms with Crippen LogP contribution >= 0.6 is 0 Å². The van der Waals surface area contributed by atoms with Gasteiger partial charge in [0.1, 0.15) is 6.10 Å². The second-order valence-corrected chi connectivity index (χ2v) is 5.82. The maximum atomic E-state index is 11.0. The van der Waals surface area contributed by atoms with Crippen molar-refractivity contribution in [2.24, 2.45) is 0 Å². The van der Waals surface area contributed by atoms with Crippen LogP contribution in [0.15, 0.2) is 48.6 Å². The van der Waals surface area contributed by atoms with Crippen LogP contribution in [0.25, 0.3) is 0 Å². The monoisotopic (exact) mass is 336 g/mol. The van der Waals surface area contributed by atoms with Crippen molar-refractivity contribution < 1.29 is 17.0 Å². The quantitative estimate of drug-likeness (QED) is 0.151. The average molecular weight is 337 g/mol. The number of epoxide rings is 1. The molecule has 1 aliphatic rings. The molecule has 1 fully saturated rings. The van der Waals surface area contributed by atoms with Gasteiger partial charge in [-0.1, -0.05) is 68.3 Å². The number of allylic oxidation sites excluding steroid dienone is 7. The summed E-state index contributed by atoms with van der Waals surface area (Å²) >= 11 is 0. The molecule has 1 saturated heterocycles. The van der Waals surface area contributed by atoms with Crippen molar-refractivity contribution in [2.45, 2.75) is 70.5 Å². The Bertz CT molecular complexity index is 535. The van der Waals surface area contributed by atoms with Crippen molar-refractivity contribution in [2.75, 3.05) is 7.11 Å². The number of methoxy groups -OCH3 is 1. The lowest BCUT2D eigenvalue weighted by Crippen LogP contribution is -2.01. The SMILES string of the molecule is [3H]/C(C\C=C/C=C/C=C/[C@@H]1O[C@H]1CCCC(=O)OC)=C(\[3H])CCCCC. The predicted octanol–water partition coefficient (Wildman–Crippen LogP) is 5.29. The van der Waals surface area contributed by atoms with Crippen molar-refractivity contribution >= 4 is 5.97 Å². The molecule has 24 heavy (non-hydrogen) atoms. The number of carbonyl (C=O) groups is 1. The Hall–Kier alpha value is -1.61. The first-order chi connectivity index (χ1) is 12.6. The lowest BCUT2D eigenvalue weighted by molar-refractivity contribution is -0.140. The van der Waals surface area contributed by atoms with E-state index < -0.39 is 0 Å². The normalized spacial score (nSPS) is 22.8. The van der Waals surface area contributed by atoms with Gasteiger partial charge in [-0.2, -0.15) is 0 Å². The van der Waals surface area contributed by atoms with Crippen molar-refractivity contribution in [3.63, 3.8) is 0 Å². The Morgan fingerprint density at radius 1 is 1.17 bits per heavy atom. The third kappa shape index (κ3) is 11.0. The van der Waals surface area contributed by atoms with Gasteiger partial charge in [-0.15, -0.1) is 0 Å². The molecule has 2 atom stereocenters. The molecule has 1 aliphatic heterocycles. The van der Waals surface area contributed by atoms with E-state index in [1.54, 1.807) is 0 Å². The average Bonchev–Trinajstić information content (AvgIpc) is 3.38. The molecule has 0 radical (unpaired) electrons. The minimum absolute atomic E-state index is 0.151. The number of carbonyl (C=O) groups excluding carboxylic acids is 1. The summed E-state index contributed by atoms with van der Waals surface area (Å²) in [5.41, 5.74) is 0. The molecule has 0 spiro atoms. The van der Waals surface area contributed by atoms with Crippen LogP contribution < -0.4 is 0 Å². The summed E-state index contributed by atoms with van der Waals surface area (Å²) in [5, 5.41) is 0. The molecule has 0 unspecified atom stereocenters. The summed E-state index contributed by atoms with van der Waals surface area (Å²) in [5.74, 6) is -0.170. The largest absolute Gasteiger partial charge is 0.469 e. The van der Waals surface area contributed by atoms with E-state index in [0.717, 1.165) is 32.1 Å². The molecule has 0 amide bonds. The molecule has 0 saturated carbocycles. The van der Waals surface area contributed by atoms with Crippen LogP contribution in [-0.2, 0) is 14.3 Å². The second kappa shape index (κ2) is 13.8. The lowest BCUT2D eigenvalue weighted by atomic mass is 10.1. The number of ether oxygens (including phenoxy) is 2. The number of unbranched alkanes of at least 4 members (excludes halogenated alkanes) is 2. The highest BCUT2D eigenvalue weighted by Crippen LogP contribution is 2.28. The Labute approximate surface area is 149 Å². The highest BCUT2D eigenvalue weighted by Gasteiger charge is 2.35. The van der Waals surface area contributed by atoms with E-state index in [4.69, 9.17) is 7.48 Å². The molecule has 0 N–H and O–H groups in total. The highest BCUT2D eigenvalue weighted by molar-refractivity contribution is 5.68. The minimum atomic E-state index is -0.170. The van der Waals surface area contributed by atoms with Gasteiger partial charge in [-0.3, -0.25) is 4.79 Å². The maximum Gasteiger partial charge on any atom is 0.305 e. The molecule has 1 rings (SSSR count). The fourth-order valence-corrected chi connectivity index (χ4v) is 2.24. The van der Waals surface area contributed by atoms with Gasteiger partial charge in [-0.05, 0) is 32.1 Å². The fourth-order valence-electron chi connectivity index (χ4n) is 2.24. The lowest BCUT2D eigenvalue weighted by Gasteiger charge is -1.96. The number of rotatable bonds is 13. The fraction of sp³-hybridized carbons (Fsp3) is 0.571. The molecule has 3 nitrogen and oxygen atoms in total. The molecule has 0 aromatic heterocycles. The van der Waals surface area contributed by atoms with Crippen LogP contribution in [0.4, 0.5) is 0 Å². The standard InChI is InChI=1S/C21H32O3/c1-3-4-5-6-7-8-9-10-11-12-13-14-16-19-20(24-19)17-15-18-21(22)23-2/h7-8,10-14,16,19-20H,3-6,9,15,17-18H2,1-2H3/b8-7-,11-10-,13-12+,16-14+/t19-,20-/m0/s1/i7T,8T. The van der Waals surface area contributed by atoms with Gasteiger partial charge in [0.05, 0.1) is 16.0 Å². The zero-order valence-corrected chi connectivity index (χ0v) is 15.0. The van der Waals surface area contributed by atoms with Crippen molar-refractivity contribution in [1.29, 1.82) is 0 Å². The molecule has 0 aromatic carbocycles. The van der Waals surface area contributed by atoms with Gasteiger partial charge in [0.25, 0.3) is 0 Å². The topological polar surface area (TPSA) is 38.8 Å². The van der Waals surface area contributed by atoms with E-state index in [0.29, 0.717) is 31.4 Å². The summed E-state index contributed by atoms with van der Waals surface area (Å²) < 4.78 is 25.8. The van der Waals surface area contributed by atoms with E-state index in [9.17, 15) is 4.79 Å². The van der Waals surface area contributed by atoms with Gasteiger partial charge in [0.15, 0.2) is 0 Å². The van der Waals surface area contributed by atoms with Crippen LogP contribution in [0.5, 0.6) is 0 Å². The predicted molar refractivity (Wildman–Crippen MR) is 99.8 cm³/mol. The van der Waals surface area contributed by atoms with Gasteiger partial charge in [0, 0.05) is 6.42 Å². The summed E-state index contributed by atoms with van der Waals surface area (Å²) in [7, 11) is 1.41. The molecular formula is C21H32O3. The number of hydrogen-bond donors (Lipinski definition) is 0. The summed E-state index contributed by atoms with van der Waals surface area (Å²) in [4.78, 5) is 11.0. The molecule has 0 aromatic rings. The second-order valence-electron chi connectivity index (χ2n) is 5.82. The Morgan fingerprint density at radius 3 is 2.79 bits per heavy atom. The van der Waals surface area contributed by atoms with Gasteiger partial charge in [-0.25, -0.2) is 0 Å². The first-order valence-electron chi connectivity index (χ1n) is 9.96. The molecule has 3 heteroatoms. The van der Waals surface area contributed by atoms with E-state index in [-0.39, 0.29) is 18.2 Å². The zero-order chi connectivity index (χ0) is 19.2. The van der Waals surface area contributed by atoms with Gasteiger partial charge >= 0.3 is 5.97 Å².